The first-order chi connectivity index (χ1) is 16.7. The molecular formula is C25H30N4O6. The summed E-state index contributed by atoms with van der Waals surface area (Å²) in [5, 5.41) is 0. The maximum absolute atomic E-state index is 12.7. The highest BCUT2D eigenvalue weighted by Crippen LogP contribution is 2.23. The third-order valence-corrected chi connectivity index (χ3v) is 5.48. The van der Waals surface area contributed by atoms with Gasteiger partial charge < -0.3 is 19.1 Å². The van der Waals surface area contributed by atoms with Crippen LogP contribution < -0.4 is 9.64 Å². The number of likely N-dealkylation sites (tertiary alicyclic amines) is 1. The predicted octanol–water partition coefficient (Wildman–Crippen LogP) is 3.07. The molecule has 186 valence electrons. The van der Waals surface area contributed by atoms with Crippen molar-refractivity contribution in [1.82, 2.24) is 14.8 Å². The molecule has 1 aromatic carbocycles. The Balaban J connectivity index is 1.22. The predicted molar refractivity (Wildman–Crippen MR) is 127 cm³/mol. The summed E-state index contributed by atoms with van der Waals surface area (Å²) < 4.78 is 16.5. The first kappa shape index (κ1) is 24.3. The molecule has 0 N–H and O–H groups in total. The topological polar surface area (TPSA) is 102 Å². The molecule has 0 unspecified atom stereocenters. The van der Waals surface area contributed by atoms with Gasteiger partial charge in [-0.2, -0.15) is 0 Å². The number of amides is 3. The fourth-order valence-electron chi connectivity index (χ4n) is 3.66. The third kappa shape index (κ3) is 6.40. The average Bonchev–Trinajstić information content (AvgIpc) is 2.79. The van der Waals surface area contributed by atoms with Crippen molar-refractivity contribution in [3.63, 3.8) is 0 Å². The van der Waals surface area contributed by atoms with Gasteiger partial charge in [0, 0.05) is 13.1 Å². The Morgan fingerprint density at radius 3 is 2.37 bits per heavy atom. The second-order valence-corrected chi connectivity index (χ2v) is 9.48. The van der Waals surface area contributed by atoms with Crippen LogP contribution in [0.1, 0.15) is 26.3 Å². The molecule has 0 aliphatic carbocycles. The van der Waals surface area contributed by atoms with Gasteiger partial charge in [0.1, 0.15) is 36.4 Å². The van der Waals surface area contributed by atoms with Gasteiger partial charge in [-0.15, -0.1) is 0 Å². The van der Waals surface area contributed by atoms with Crippen LogP contribution >= 0.6 is 0 Å². The van der Waals surface area contributed by atoms with Crippen LogP contribution in [0.2, 0.25) is 0 Å². The van der Waals surface area contributed by atoms with E-state index in [1.165, 1.54) is 4.90 Å². The van der Waals surface area contributed by atoms with Crippen LogP contribution in [0.3, 0.4) is 0 Å². The number of anilines is 1. The lowest BCUT2D eigenvalue weighted by Crippen LogP contribution is -2.57. The highest BCUT2D eigenvalue weighted by atomic mass is 16.6. The molecule has 1 aromatic heterocycles. The quantitative estimate of drug-likeness (QED) is 0.645. The van der Waals surface area contributed by atoms with Gasteiger partial charge in [0.25, 0.3) is 0 Å². The minimum Gasteiger partial charge on any atom is -0.485 e. The first-order valence-corrected chi connectivity index (χ1v) is 11.5. The van der Waals surface area contributed by atoms with Gasteiger partial charge in [-0.1, -0.05) is 30.3 Å². The average molecular weight is 483 g/mol. The Kier molecular flexibility index (Phi) is 7.09. The van der Waals surface area contributed by atoms with Crippen LogP contribution in [0.4, 0.5) is 15.4 Å². The number of piperazine rings is 1. The Morgan fingerprint density at radius 1 is 1.00 bits per heavy atom. The van der Waals surface area contributed by atoms with Gasteiger partial charge in [0.15, 0.2) is 0 Å². The molecule has 2 aliphatic rings. The molecule has 2 aliphatic heterocycles. The zero-order valence-corrected chi connectivity index (χ0v) is 20.2. The lowest BCUT2D eigenvalue weighted by molar-refractivity contribution is -0.121. The maximum Gasteiger partial charge on any atom is 0.410 e. The number of aromatic nitrogens is 1. The minimum atomic E-state index is -0.534. The second kappa shape index (κ2) is 10.2. The molecule has 3 heterocycles. The second-order valence-electron chi connectivity index (χ2n) is 9.48. The molecular weight excluding hydrogens is 452 g/mol. The van der Waals surface area contributed by atoms with Crippen molar-refractivity contribution in [2.24, 2.45) is 0 Å². The fourth-order valence-corrected chi connectivity index (χ4v) is 3.66. The van der Waals surface area contributed by atoms with Crippen molar-refractivity contribution >= 4 is 23.9 Å². The highest BCUT2D eigenvalue weighted by molar-refractivity contribution is 5.96. The van der Waals surface area contributed by atoms with Crippen LogP contribution in [0, 0.1) is 0 Å². The number of hydrogen-bond donors (Lipinski definition) is 0. The van der Waals surface area contributed by atoms with E-state index in [9.17, 15) is 14.4 Å². The number of carbonyl (C=O) groups is 3. The van der Waals surface area contributed by atoms with E-state index in [-0.39, 0.29) is 31.3 Å². The van der Waals surface area contributed by atoms with E-state index >= 15 is 0 Å². The Labute approximate surface area is 204 Å². The van der Waals surface area contributed by atoms with E-state index in [0.29, 0.717) is 37.7 Å². The molecule has 3 amide bonds. The SMILES string of the molecule is CC(C)(C)OC(=O)N1CC(Oc2ccc(N3CCN(C(=O)OCc4ccccc4)CC3=O)nc2)C1. The van der Waals surface area contributed by atoms with E-state index < -0.39 is 11.7 Å². The number of carbonyl (C=O) groups excluding carboxylic acids is 3. The van der Waals surface area contributed by atoms with Gasteiger partial charge in [-0.05, 0) is 38.5 Å². The molecule has 2 fully saturated rings. The molecule has 0 radical (unpaired) electrons. The van der Waals surface area contributed by atoms with Gasteiger partial charge in [0.2, 0.25) is 5.91 Å². The summed E-state index contributed by atoms with van der Waals surface area (Å²) in [5.74, 6) is 0.808. The van der Waals surface area contributed by atoms with E-state index in [1.807, 2.05) is 51.1 Å². The molecule has 10 nitrogen and oxygen atoms in total. The molecule has 2 aromatic rings. The number of pyridine rings is 1. The summed E-state index contributed by atoms with van der Waals surface area (Å²) in [4.78, 5) is 45.9. The number of benzene rings is 1. The Hall–Kier alpha value is -3.82. The summed E-state index contributed by atoms with van der Waals surface area (Å²) in [6, 6.07) is 12.8. The van der Waals surface area contributed by atoms with Gasteiger partial charge in [-0.25, -0.2) is 14.6 Å². The van der Waals surface area contributed by atoms with Crippen molar-refractivity contribution in [2.45, 2.75) is 39.1 Å². The number of nitrogens with zero attached hydrogens (tertiary/aromatic N) is 4. The van der Waals surface area contributed by atoms with Crippen molar-refractivity contribution < 1.29 is 28.6 Å². The molecule has 4 rings (SSSR count). The zero-order chi connectivity index (χ0) is 25.0. The summed E-state index contributed by atoms with van der Waals surface area (Å²) in [6.07, 6.45) is 0.549. The van der Waals surface area contributed by atoms with Gasteiger partial charge in [-0.3, -0.25) is 14.6 Å². The summed E-state index contributed by atoms with van der Waals surface area (Å²) >= 11 is 0. The molecule has 2 saturated heterocycles. The molecule has 0 atom stereocenters. The minimum absolute atomic E-state index is 0.0733. The van der Waals surface area contributed by atoms with Crippen molar-refractivity contribution in [1.29, 1.82) is 0 Å². The standard InChI is InChI=1S/C25H30N4O6/c1-25(2,3)35-24(32)28-14-20(15-28)34-19-9-10-21(26-13-19)29-12-11-27(16-22(29)30)23(31)33-17-18-7-5-4-6-8-18/h4-10,13,20H,11-12,14-17H2,1-3H3. The lowest BCUT2D eigenvalue weighted by atomic mass is 10.1. The first-order valence-electron chi connectivity index (χ1n) is 11.5. The molecule has 35 heavy (non-hydrogen) atoms. The maximum atomic E-state index is 12.7. The van der Waals surface area contributed by atoms with Crippen LogP contribution in [-0.4, -0.2) is 77.3 Å². The summed E-state index contributed by atoms with van der Waals surface area (Å²) in [7, 11) is 0. The third-order valence-electron chi connectivity index (χ3n) is 5.48. The van der Waals surface area contributed by atoms with Crippen molar-refractivity contribution in [3.05, 3.63) is 54.2 Å². The largest absolute Gasteiger partial charge is 0.485 e. The Bertz CT molecular complexity index is 1050. The van der Waals surface area contributed by atoms with E-state index in [1.54, 1.807) is 28.1 Å². The van der Waals surface area contributed by atoms with E-state index in [2.05, 4.69) is 4.98 Å². The molecule has 0 saturated carbocycles. The van der Waals surface area contributed by atoms with Crippen LogP contribution in [0.15, 0.2) is 48.7 Å². The Morgan fingerprint density at radius 2 is 1.74 bits per heavy atom. The smallest absolute Gasteiger partial charge is 0.410 e. The van der Waals surface area contributed by atoms with Crippen molar-refractivity contribution in [2.75, 3.05) is 37.6 Å². The number of rotatable bonds is 5. The van der Waals surface area contributed by atoms with Crippen LogP contribution in [0.25, 0.3) is 0 Å². The molecule has 10 heteroatoms. The number of ether oxygens (including phenoxy) is 3. The fraction of sp³-hybridized carbons (Fsp3) is 0.440. The zero-order valence-electron chi connectivity index (χ0n) is 20.2. The van der Waals surface area contributed by atoms with Crippen molar-refractivity contribution in [3.8, 4) is 5.75 Å². The van der Waals surface area contributed by atoms with Gasteiger partial charge >= 0.3 is 12.2 Å². The normalized spacial score (nSPS) is 16.5. The highest BCUT2D eigenvalue weighted by Gasteiger charge is 2.35. The van der Waals surface area contributed by atoms with E-state index in [4.69, 9.17) is 14.2 Å². The number of hydrogen-bond acceptors (Lipinski definition) is 7. The molecule has 0 bridgehead atoms. The lowest BCUT2D eigenvalue weighted by Gasteiger charge is -2.39. The van der Waals surface area contributed by atoms with Crippen LogP contribution in [-0.2, 0) is 20.9 Å². The monoisotopic (exact) mass is 482 g/mol. The van der Waals surface area contributed by atoms with Crippen LogP contribution in [0.5, 0.6) is 5.75 Å². The van der Waals surface area contributed by atoms with E-state index in [0.717, 1.165) is 5.56 Å². The molecule has 0 spiro atoms. The summed E-state index contributed by atoms with van der Waals surface area (Å²) in [5.41, 5.74) is 0.352. The summed E-state index contributed by atoms with van der Waals surface area (Å²) in [6.45, 7) is 7.12. The van der Waals surface area contributed by atoms with Gasteiger partial charge in [0.05, 0.1) is 19.3 Å².